The lowest BCUT2D eigenvalue weighted by Crippen LogP contribution is -2.22. The molecule has 5 heteroatoms. The van der Waals surface area contributed by atoms with Crippen molar-refractivity contribution in [2.45, 2.75) is 4.90 Å². The molecule has 1 aliphatic rings. The Bertz CT molecular complexity index is 367. The van der Waals surface area contributed by atoms with Crippen LogP contribution in [0.5, 0.6) is 0 Å². The first-order valence-electron chi connectivity index (χ1n) is 4.31. The zero-order valence-corrected chi connectivity index (χ0v) is 8.57. The Hall–Kier alpha value is -1.20. The van der Waals surface area contributed by atoms with E-state index in [1.165, 1.54) is 11.9 Å². The molecule has 1 heterocycles. The molecule has 0 saturated carbocycles. The lowest BCUT2D eigenvalue weighted by atomic mass is 10.2. The van der Waals surface area contributed by atoms with Gasteiger partial charge in [-0.1, -0.05) is 0 Å². The van der Waals surface area contributed by atoms with Crippen molar-refractivity contribution in [3.05, 3.63) is 23.8 Å². The second-order valence-corrected chi connectivity index (χ2v) is 3.82. The molecule has 0 saturated heterocycles. The molecular formula is C9H11N3OS. The highest BCUT2D eigenvalue weighted by molar-refractivity contribution is 7.97. The summed E-state index contributed by atoms with van der Waals surface area (Å²) in [6, 6.07) is 5.61. The number of fused-ring (bicyclic) bond motifs is 1. The Balaban J connectivity index is 2.33. The van der Waals surface area contributed by atoms with E-state index in [-0.39, 0.29) is 5.91 Å². The van der Waals surface area contributed by atoms with Crippen LogP contribution in [-0.2, 0) is 0 Å². The minimum atomic E-state index is -0.0565. The highest BCUT2D eigenvalue weighted by atomic mass is 32.2. The van der Waals surface area contributed by atoms with Crippen LogP contribution in [0.3, 0.4) is 0 Å². The summed E-state index contributed by atoms with van der Waals surface area (Å²) >= 11 is 1.54. The van der Waals surface area contributed by atoms with Gasteiger partial charge in [-0.15, -0.1) is 0 Å². The summed E-state index contributed by atoms with van der Waals surface area (Å²) in [6.45, 7) is 0.747. The first kappa shape index (κ1) is 9.36. The maximum atomic E-state index is 11.3. The molecule has 4 nitrogen and oxygen atoms in total. The van der Waals surface area contributed by atoms with Crippen molar-refractivity contribution in [2.75, 3.05) is 19.0 Å². The fraction of sp³-hybridized carbons (Fsp3) is 0.222. The van der Waals surface area contributed by atoms with Gasteiger partial charge < -0.3 is 10.6 Å². The Morgan fingerprint density at radius 3 is 3.21 bits per heavy atom. The van der Waals surface area contributed by atoms with E-state index in [9.17, 15) is 4.79 Å². The van der Waals surface area contributed by atoms with E-state index in [4.69, 9.17) is 0 Å². The van der Waals surface area contributed by atoms with Gasteiger partial charge in [0.25, 0.3) is 5.91 Å². The van der Waals surface area contributed by atoms with E-state index in [2.05, 4.69) is 15.4 Å². The third-order valence-electron chi connectivity index (χ3n) is 2.00. The number of amides is 1. The van der Waals surface area contributed by atoms with Gasteiger partial charge in [-0.05, 0) is 30.1 Å². The summed E-state index contributed by atoms with van der Waals surface area (Å²) in [5.74, 6) is -0.0565. The van der Waals surface area contributed by atoms with Crippen LogP contribution >= 0.6 is 11.9 Å². The molecule has 0 bridgehead atoms. The van der Waals surface area contributed by atoms with Crippen molar-refractivity contribution >= 4 is 23.5 Å². The number of anilines is 1. The van der Waals surface area contributed by atoms with E-state index >= 15 is 0 Å². The molecule has 0 radical (unpaired) electrons. The van der Waals surface area contributed by atoms with E-state index in [1.54, 1.807) is 7.05 Å². The van der Waals surface area contributed by atoms with Crippen LogP contribution in [0.2, 0.25) is 0 Å². The van der Waals surface area contributed by atoms with Gasteiger partial charge in [0.1, 0.15) is 0 Å². The largest absolute Gasteiger partial charge is 0.371 e. The summed E-state index contributed by atoms with van der Waals surface area (Å²) in [5, 5.41) is 5.78. The van der Waals surface area contributed by atoms with Crippen LogP contribution in [0.15, 0.2) is 23.1 Å². The van der Waals surface area contributed by atoms with Crippen molar-refractivity contribution < 1.29 is 4.79 Å². The highest BCUT2D eigenvalue weighted by Gasteiger charge is 2.11. The average molecular weight is 209 g/mol. The summed E-state index contributed by atoms with van der Waals surface area (Å²) in [6.07, 6.45) is 0. The molecule has 0 fully saturated rings. The SMILES string of the molecule is CNC(=O)c1ccc2c(c1)SNCN2. The Kier molecular flexibility index (Phi) is 2.60. The lowest BCUT2D eigenvalue weighted by Gasteiger charge is -2.18. The molecule has 1 aromatic rings. The number of hydrogen-bond acceptors (Lipinski definition) is 4. The molecule has 1 aliphatic heterocycles. The topological polar surface area (TPSA) is 53.2 Å². The van der Waals surface area contributed by atoms with E-state index in [1.807, 2.05) is 18.2 Å². The summed E-state index contributed by atoms with van der Waals surface area (Å²) < 4.78 is 3.10. The third kappa shape index (κ3) is 1.69. The molecule has 74 valence electrons. The van der Waals surface area contributed by atoms with Gasteiger partial charge in [-0.3, -0.25) is 4.79 Å². The summed E-state index contributed by atoms with van der Waals surface area (Å²) in [7, 11) is 1.63. The van der Waals surface area contributed by atoms with Gasteiger partial charge >= 0.3 is 0 Å². The zero-order valence-electron chi connectivity index (χ0n) is 7.76. The first-order chi connectivity index (χ1) is 6.81. The van der Waals surface area contributed by atoms with Crippen molar-refractivity contribution in [3.63, 3.8) is 0 Å². The predicted molar refractivity (Wildman–Crippen MR) is 57.3 cm³/mol. The fourth-order valence-corrected chi connectivity index (χ4v) is 2.02. The minimum Gasteiger partial charge on any atom is -0.371 e. The molecule has 0 atom stereocenters. The number of carbonyl (C=O) groups is 1. The zero-order chi connectivity index (χ0) is 9.97. The second-order valence-electron chi connectivity index (χ2n) is 2.89. The molecule has 0 aromatic heterocycles. The monoisotopic (exact) mass is 209 g/mol. The van der Waals surface area contributed by atoms with Crippen LogP contribution in [0.25, 0.3) is 0 Å². The minimum absolute atomic E-state index is 0.0565. The van der Waals surface area contributed by atoms with Crippen LogP contribution < -0.4 is 15.4 Å². The van der Waals surface area contributed by atoms with Crippen LogP contribution in [0.1, 0.15) is 10.4 Å². The van der Waals surface area contributed by atoms with E-state index < -0.39 is 0 Å². The first-order valence-corrected chi connectivity index (χ1v) is 5.12. The maximum Gasteiger partial charge on any atom is 0.251 e. The van der Waals surface area contributed by atoms with Gasteiger partial charge in [-0.2, -0.15) is 0 Å². The predicted octanol–water partition coefficient (Wildman–Crippen LogP) is 1.03. The van der Waals surface area contributed by atoms with E-state index in [0.717, 1.165) is 17.3 Å². The van der Waals surface area contributed by atoms with E-state index in [0.29, 0.717) is 5.56 Å². The van der Waals surface area contributed by atoms with Crippen LogP contribution in [0.4, 0.5) is 5.69 Å². The van der Waals surface area contributed by atoms with Gasteiger partial charge in [0, 0.05) is 17.5 Å². The average Bonchev–Trinajstić information content (AvgIpc) is 2.27. The van der Waals surface area contributed by atoms with Crippen molar-refractivity contribution in [2.24, 2.45) is 0 Å². The second kappa shape index (κ2) is 3.89. The number of nitrogens with one attached hydrogen (secondary N) is 3. The van der Waals surface area contributed by atoms with Crippen molar-refractivity contribution in [3.8, 4) is 0 Å². The summed E-state index contributed by atoms with van der Waals surface area (Å²) in [5.41, 5.74) is 1.76. The molecule has 1 amide bonds. The standard InChI is InChI=1S/C9H11N3OS/c1-10-9(13)6-2-3-7-8(4-6)14-12-5-11-7/h2-4,11-12H,5H2,1H3,(H,10,13). The molecular weight excluding hydrogens is 198 g/mol. The molecule has 1 aromatic carbocycles. The number of benzene rings is 1. The van der Waals surface area contributed by atoms with Crippen LogP contribution in [-0.4, -0.2) is 19.6 Å². The molecule has 0 spiro atoms. The number of hydrogen-bond donors (Lipinski definition) is 3. The van der Waals surface area contributed by atoms with Crippen molar-refractivity contribution in [1.82, 2.24) is 10.0 Å². The Labute approximate surface area is 86.6 Å². The lowest BCUT2D eigenvalue weighted by molar-refractivity contribution is 0.0963. The molecule has 0 aliphatic carbocycles. The molecule has 3 N–H and O–H groups in total. The van der Waals surface area contributed by atoms with Gasteiger partial charge in [0.2, 0.25) is 0 Å². The Morgan fingerprint density at radius 2 is 2.43 bits per heavy atom. The van der Waals surface area contributed by atoms with Crippen LogP contribution in [0, 0.1) is 0 Å². The number of carbonyl (C=O) groups excluding carboxylic acids is 1. The quantitative estimate of drug-likeness (QED) is 0.605. The maximum absolute atomic E-state index is 11.3. The van der Waals surface area contributed by atoms with Gasteiger partial charge in [-0.25, -0.2) is 4.72 Å². The Morgan fingerprint density at radius 1 is 1.57 bits per heavy atom. The molecule has 0 unspecified atom stereocenters. The molecule has 2 rings (SSSR count). The van der Waals surface area contributed by atoms with Gasteiger partial charge in [0.15, 0.2) is 0 Å². The third-order valence-corrected chi connectivity index (χ3v) is 2.85. The highest BCUT2D eigenvalue weighted by Crippen LogP contribution is 2.28. The van der Waals surface area contributed by atoms with Crippen molar-refractivity contribution in [1.29, 1.82) is 0 Å². The number of rotatable bonds is 1. The summed E-state index contributed by atoms with van der Waals surface area (Å²) in [4.78, 5) is 12.4. The van der Waals surface area contributed by atoms with Gasteiger partial charge in [0.05, 0.1) is 12.4 Å². The fourth-order valence-electron chi connectivity index (χ4n) is 1.28. The normalized spacial score (nSPS) is 14.1. The smallest absolute Gasteiger partial charge is 0.251 e. The molecule has 14 heavy (non-hydrogen) atoms.